The van der Waals surface area contributed by atoms with Crippen LogP contribution in [0.3, 0.4) is 0 Å². The first-order valence-electron chi connectivity index (χ1n) is 7.75. The number of benzene rings is 2. The predicted octanol–water partition coefficient (Wildman–Crippen LogP) is 4.68. The lowest BCUT2D eigenvalue weighted by atomic mass is 10.2. The van der Waals surface area contributed by atoms with Gasteiger partial charge in [-0.1, -0.05) is 67.6 Å². The van der Waals surface area contributed by atoms with Crippen molar-refractivity contribution in [1.82, 2.24) is 4.57 Å². The summed E-state index contributed by atoms with van der Waals surface area (Å²) < 4.78 is 8.29. The van der Waals surface area contributed by atoms with Gasteiger partial charge in [-0.2, -0.15) is 0 Å². The van der Waals surface area contributed by atoms with Crippen LogP contribution in [0.25, 0.3) is 0 Å². The molecule has 0 atom stereocenters. The Kier molecular flexibility index (Phi) is 4.59. The lowest BCUT2D eigenvalue weighted by Gasteiger charge is -2.11. The molecule has 0 N–H and O–H groups in total. The smallest absolute Gasteiger partial charge is 0.140 e. The van der Waals surface area contributed by atoms with Crippen molar-refractivity contribution in [3.8, 4) is 5.75 Å². The molecule has 0 bridgehead atoms. The van der Waals surface area contributed by atoms with Crippen LogP contribution in [0.2, 0.25) is 0 Å². The van der Waals surface area contributed by atoms with E-state index in [2.05, 4.69) is 60.2 Å². The molecular formula is C20H21NO. The largest absolute Gasteiger partial charge is 0.487 e. The van der Waals surface area contributed by atoms with Crippen LogP contribution in [-0.4, -0.2) is 4.57 Å². The first-order valence-corrected chi connectivity index (χ1v) is 7.75. The fourth-order valence-electron chi connectivity index (χ4n) is 2.66. The minimum atomic E-state index is 0.614. The third kappa shape index (κ3) is 3.40. The third-order valence-electron chi connectivity index (χ3n) is 3.80. The molecule has 0 aliphatic rings. The molecule has 0 radical (unpaired) electrons. The van der Waals surface area contributed by atoms with E-state index in [4.69, 9.17) is 4.74 Å². The van der Waals surface area contributed by atoms with Crippen LogP contribution in [0.4, 0.5) is 0 Å². The van der Waals surface area contributed by atoms with Gasteiger partial charge in [0, 0.05) is 12.7 Å². The lowest BCUT2D eigenvalue weighted by Crippen LogP contribution is -2.04. The molecule has 0 fully saturated rings. The minimum absolute atomic E-state index is 0.614. The molecule has 1 heterocycles. The fourth-order valence-corrected chi connectivity index (χ4v) is 2.66. The Labute approximate surface area is 132 Å². The van der Waals surface area contributed by atoms with Crippen molar-refractivity contribution in [2.45, 2.75) is 26.5 Å². The first kappa shape index (κ1) is 14.5. The van der Waals surface area contributed by atoms with Crippen LogP contribution in [0.15, 0.2) is 72.9 Å². The Morgan fingerprint density at radius 3 is 2.09 bits per heavy atom. The van der Waals surface area contributed by atoms with Crippen molar-refractivity contribution in [2.24, 2.45) is 0 Å². The van der Waals surface area contributed by atoms with Crippen LogP contribution < -0.4 is 4.74 Å². The standard InChI is InChI=1S/C20H21NO/c1-2-19-20(22-16-18-11-7-4-8-12-18)13-14-21(19)15-17-9-5-3-6-10-17/h3-14H,2,15-16H2,1H3. The molecule has 0 spiro atoms. The van der Waals surface area contributed by atoms with Crippen molar-refractivity contribution >= 4 is 0 Å². The van der Waals surface area contributed by atoms with Crippen molar-refractivity contribution in [1.29, 1.82) is 0 Å². The fraction of sp³-hybridized carbons (Fsp3) is 0.200. The topological polar surface area (TPSA) is 14.2 Å². The molecule has 0 aliphatic carbocycles. The van der Waals surface area contributed by atoms with Gasteiger partial charge in [0.25, 0.3) is 0 Å². The van der Waals surface area contributed by atoms with Crippen LogP contribution >= 0.6 is 0 Å². The highest BCUT2D eigenvalue weighted by Crippen LogP contribution is 2.23. The Morgan fingerprint density at radius 2 is 1.45 bits per heavy atom. The molecule has 2 nitrogen and oxygen atoms in total. The molecule has 0 saturated carbocycles. The molecule has 112 valence electrons. The number of hydrogen-bond donors (Lipinski definition) is 0. The van der Waals surface area contributed by atoms with E-state index >= 15 is 0 Å². The van der Waals surface area contributed by atoms with Gasteiger partial charge >= 0.3 is 0 Å². The quantitative estimate of drug-likeness (QED) is 0.643. The Morgan fingerprint density at radius 1 is 0.818 bits per heavy atom. The monoisotopic (exact) mass is 291 g/mol. The highest BCUT2D eigenvalue weighted by molar-refractivity contribution is 5.31. The zero-order valence-corrected chi connectivity index (χ0v) is 12.9. The summed E-state index contributed by atoms with van der Waals surface area (Å²) in [6.45, 7) is 3.67. The Hall–Kier alpha value is -2.48. The van der Waals surface area contributed by atoms with Crippen molar-refractivity contribution in [2.75, 3.05) is 0 Å². The molecular weight excluding hydrogens is 270 g/mol. The van der Waals surface area contributed by atoms with E-state index in [0.29, 0.717) is 6.61 Å². The van der Waals surface area contributed by atoms with Crippen LogP contribution in [-0.2, 0) is 19.6 Å². The minimum Gasteiger partial charge on any atom is -0.487 e. The summed E-state index contributed by atoms with van der Waals surface area (Å²) in [5.74, 6) is 0.988. The number of ether oxygens (including phenoxy) is 1. The van der Waals surface area contributed by atoms with Gasteiger partial charge in [-0.3, -0.25) is 0 Å². The van der Waals surface area contributed by atoms with Crippen molar-refractivity contribution in [3.63, 3.8) is 0 Å². The van der Waals surface area contributed by atoms with E-state index in [0.717, 1.165) is 18.7 Å². The van der Waals surface area contributed by atoms with Crippen LogP contribution in [0.5, 0.6) is 5.75 Å². The maximum atomic E-state index is 6.01. The summed E-state index contributed by atoms with van der Waals surface area (Å²) in [5.41, 5.74) is 3.75. The van der Waals surface area contributed by atoms with Gasteiger partial charge in [-0.05, 0) is 23.6 Å². The van der Waals surface area contributed by atoms with E-state index in [9.17, 15) is 0 Å². The SMILES string of the molecule is CCc1c(OCc2ccccc2)ccn1Cc1ccccc1. The van der Waals surface area contributed by atoms with Crippen molar-refractivity contribution in [3.05, 3.63) is 89.7 Å². The van der Waals surface area contributed by atoms with E-state index in [1.165, 1.54) is 16.8 Å². The zero-order valence-electron chi connectivity index (χ0n) is 12.9. The second-order valence-electron chi connectivity index (χ2n) is 5.37. The number of aromatic nitrogens is 1. The normalized spacial score (nSPS) is 10.6. The van der Waals surface area contributed by atoms with E-state index in [1.54, 1.807) is 0 Å². The second-order valence-corrected chi connectivity index (χ2v) is 5.37. The lowest BCUT2D eigenvalue weighted by molar-refractivity contribution is 0.302. The average Bonchev–Trinajstić information content (AvgIpc) is 2.96. The van der Waals surface area contributed by atoms with Gasteiger partial charge in [0.1, 0.15) is 12.4 Å². The highest BCUT2D eigenvalue weighted by atomic mass is 16.5. The van der Waals surface area contributed by atoms with Crippen LogP contribution in [0.1, 0.15) is 23.7 Å². The molecule has 0 saturated heterocycles. The molecule has 2 heteroatoms. The van der Waals surface area contributed by atoms with Gasteiger partial charge < -0.3 is 9.30 Å². The maximum Gasteiger partial charge on any atom is 0.140 e. The average molecular weight is 291 g/mol. The summed E-state index contributed by atoms with van der Waals surface area (Å²) >= 11 is 0. The van der Waals surface area contributed by atoms with Gasteiger partial charge in [-0.15, -0.1) is 0 Å². The summed E-state index contributed by atoms with van der Waals surface area (Å²) in [6.07, 6.45) is 3.08. The van der Waals surface area contributed by atoms with E-state index in [-0.39, 0.29) is 0 Å². The summed E-state index contributed by atoms with van der Waals surface area (Å²) in [6, 6.07) is 22.9. The van der Waals surface area contributed by atoms with E-state index < -0.39 is 0 Å². The van der Waals surface area contributed by atoms with Gasteiger partial charge in [0.2, 0.25) is 0 Å². The molecule has 3 rings (SSSR count). The summed E-state index contributed by atoms with van der Waals surface area (Å²) in [5, 5.41) is 0. The second kappa shape index (κ2) is 6.99. The molecule has 0 aliphatic heterocycles. The van der Waals surface area contributed by atoms with Crippen LogP contribution in [0, 0.1) is 0 Å². The Balaban J connectivity index is 1.73. The third-order valence-corrected chi connectivity index (χ3v) is 3.80. The molecule has 2 aromatic carbocycles. The van der Waals surface area contributed by atoms with E-state index in [1.807, 2.05) is 24.3 Å². The number of nitrogens with zero attached hydrogens (tertiary/aromatic N) is 1. The maximum absolute atomic E-state index is 6.01. The first-order chi connectivity index (χ1) is 10.9. The zero-order chi connectivity index (χ0) is 15.2. The van der Waals surface area contributed by atoms with Gasteiger partial charge in [-0.25, -0.2) is 0 Å². The van der Waals surface area contributed by atoms with Gasteiger partial charge in [0.15, 0.2) is 0 Å². The highest BCUT2D eigenvalue weighted by Gasteiger charge is 2.09. The molecule has 22 heavy (non-hydrogen) atoms. The number of hydrogen-bond acceptors (Lipinski definition) is 1. The molecule has 3 aromatic rings. The molecule has 0 unspecified atom stereocenters. The van der Waals surface area contributed by atoms with Crippen molar-refractivity contribution < 1.29 is 4.74 Å². The predicted molar refractivity (Wildman–Crippen MR) is 90.1 cm³/mol. The molecule has 0 amide bonds. The molecule has 1 aromatic heterocycles. The Bertz CT molecular complexity index is 701. The number of rotatable bonds is 6. The summed E-state index contributed by atoms with van der Waals surface area (Å²) in [4.78, 5) is 0. The summed E-state index contributed by atoms with van der Waals surface area (Å²) in [7, 11) is 0. The van der Waals surface area contributed by atoms with Gasteiger partial charge in [0.05, 0.1) is 5.69 Å².